The molecule has 1 aromatic carbocycles. The van der Waals surface area contributed by atoms with Crippen molar-refractivity contribution >= 4 is 45.5 Å². The van der Waals surface area contributed by atoms with Crippen LogP contribution >= 0.6 is 11.3 Å². The van der Waals surface area contributed by atoms with Crippen LogP contribution in [0.3, 0.4) is 0 Å². The molecule has 0 fully saturated rings. The highest BCUT2D eigenvalue weighted by Crippen LogP contribution is 2.39. The minimum absolute atomic E-state index is 0.0383. The molecular weight excluding hydrogens is 366 g/mol. The van der Waals surface area contributed by atoms with Gasteiger partial charge in [0.15, 0.2) is 0 Å². The Balaban J connectivity index is 1.49. The lowest BCUT2D eigenvalue weighted by atomic mass is 10.1. The summed E-state index contributed by atoms with van der Waals surface area (Å²) >= 11 is 1.42. The van der Waals surface area contributed by atoms with Crippen LogP contribution in [-0.2, 0) is 27.2 Å². The number of amides is 2. The second-order valence-electron chi connectivity index (χ2n) is 6.54. The van der Waals surface area contributed by atoms with E-state index in [0.29, 0.717) is 16.3 Å². The van der Waals surface area contributed by atoms with E-state index in [4.69, 9.17) is 4.74 Å². The van der Waals surface area contributed by atoms with E-state index < -0.39 is 12.0 Å². The van der Waals surface area contributed by atoms with E-state index in [1.807, 2.05) is 18.2 Å². The summed E-state index contributed by atoms with van der Waals surface area (Å²) in [4.78, 5) is 38.1. The fourth-order valence-corrected chi connectivity index (χ4v) is 4.80. The number of benzene rings is 1. The molecule has 0 radical (unpaired) electrons. The molecule has 2 aliphatic rings. The van der Waals surface area contributed by atoms with Crippen LogP contribution in [0, 0.1) is 0 Å². The van der Waals surface area contributed by atoms with Crippen LogP contribution in [-0.4, -0.2) is 30.9 Å². The lowest BCUT2D eigenvalue weighted by Crippen LogP contribution is -2.41. The Labute approximate surface area is 160 Å². The third kappa shape index (κ3) is 3.28. The number of carbonyl (C=O) groups excluding carboxylic acids is 3. The van der Waals surface area contributed by atoms with Gasteiger partial charge in [0.1, 0.15) is 11.0 Å². The van der Waals surface area contributed by atoms with Crippen LogP contribution in [0.1, 0.15) is 33.6 Å². The van der Waals surface area contributed by atoms with Gasteiger partial charge in [0, 0.05) is 4.88 Å². The quantitative estimate of drug-likeness (QED) is 0.704. The van der Waals surface area contributed by atoms with Crippen molar-refractivity contribution in [1.29, 1.82) is 0 Å². The smallest absolute Gasteiger partial charge is 0.341 e. The van der Waals surface area contributed by atoms with Crippen molar-refractivity contribution in [2.75, 3.05) is 23.1 Å². The average Bonchev–Trinajstić information content (AvgIpc) is 3.22. The van der Waals surface area contributed by atoms with Gasteiger partial charge in [-0.25, -0.2) is 4.79 Å². The predicted octanol–water partition coefficient (Wildman–Crippen LogP) is 2.78. The zero-order chi connectivity index (χ0) is 19.0. The molecule has 1 aromatic heterocycles. The number of carbonyl (C=O) groups is 3. The standard InChI is InChI=1S/C19H19N3O4S/c1-26-19(25)16-10-5-4-8-14(10)27-18(16)22-15(23)9-13-17(24)21-12-7-3-2-6-11(12)20-13/h2-3,6-7,13,20H,4-5,8-9H2,1H3,(H,21,24)(H,22,23)/t13-/m1/s1. The summed E-state index contributed by atoms with van der Waals surface area (Å²) in [7, 11) is 1.33. The summed E-state index contributed by atoms with van der Waals surface area (Å²) in [6, 6.07) is 6.66. The number of hydrogen-bond donors (Lipinski definition) is 3. The SMILES string of the molecule is COC(=O)c1c(NC(=O)C[C@H]2Nc3ccccc3NC2=O)sc2c1CCC2. The molecule has 0 bridgehead atoms. The predicted molar refractivity (Wildman–Crippen MR) is 103 cm³/mol. The monoisotopic (exact) mass is 385 g/mol. The molecule has 27 heavy (non-hydrogen) atoms. The molecule has 0 saturated carbocycles. The van der Waals surface area contributed by atoms with E-state index in [9.17, 15) is 14.4 Å². The molecule has 0 unspecified atom stereocenters. The molecule has 3 N–H and O–H groups in total. The Morgan fingerprint density at radius 2 is 2.04 bits per heavy atom. The Kier molecular flexibility index (Phi) is 4.57. The van der Waals surface area contributed by atoms with Gasteiger partial charge in [0.2, 0.25) is 11.8 Å². The van der Waals surface area contributed by atoms with Crippen molar-refractivity contribution in [2.45, 2.75) is 31.7 Å². The summed E-state index contributed by atoms with van der Waals surface area (Å²) in [5, 5.41) is 9.20. The number of anilines is 3. The first kappa shape index (κ1) is 17.5. The number of methoxy groups -OCH3 is 1. The van der Waals surface area contributed by atoms with Crippen molar-refractivity contribution in [2.24, 2.45) is 0 Å². The van der Waals surface area contributed by atoms with Crippen molar-refractivity contribution in [3.05, 3.63) is 40.3 Å². The molecule has 140 valence electrons. The van der Waals surface area contributed by atoms with Crippen LogP contribution in [0.5, 0.6) is 0 Å². The molecule has 0 saturated heterocycles. The Hall–Kier alpha value is -2.87. The van der Waals surface area contributed by atoms with Crippen LogP contribution in [0.4, 0.5) is 16.4 Å². The van der Waals surface area contributed by atoms with Gasteiger partial charge in [-0.3, -0.25) is 9.59 Å². The third-order valence-electron chi connectivity index (χ3n) is 4.78. The van der Waals surface area contributed by atoms with Crippen molar-refractivity contribution < 1.29 is 19.1 Å². The third-order valence-corrected chi connectivity index (χ3v) is 5.99. The van der Waals surface area contributed by atoms with Crippen molar-refractivity contribution in [3.8, 4) is 0 Å². The van der Waals surface area contributed by atoms with Crippen molar-refractivity contribution in [3.63, 3.8) is 0 Å². The minimum atomic E-state index is -0.673. The molecule has 1 atom stereocenters. The van der Waals surface area contributed by atoms with E-state index >= 15 is 0 Å². The number of nitrogens with one attached hydrogen (secondary N) is 3. The van der Waals surface area contributed by atoms with Gasteiger partial charge in [-0.05, 0) is 37.0 Å². The first-order valence-corrected chi connectivity index (χ1v) is 9.57. The highest BCUT2D eigenvalue weighted by atomic mass is 32.1. The van der Waals surface area contributed by atoms with Gasteiger partial charge in [-0.1, -0.05) is 12.1 Å². The maximum atomic E-state index is 12.6. The Bertz CT molecular complexity index is 937. The first-order chi connectivity index (χ1) is 13.1. The number of esters is 1. The number of hydrogen-bond acceptors (Lipinski definition) is 6. The second-order valence-corrected chi connectivity index (χ2v) is 7.64. The zero-order valence-corrected chi connectivity index (χ0v) is 15.6. The number of para-hydroxylation sites is 2. The van der Waals surface area contributed by atoms with Gasteiger partial charge in [-0.2, -0.15) is 0 Å². The van der Waals surface area contributed by atoms with Gasteiger partial charge < -0.3 is 20.7 Å². The minimum Gasteiger partial charge on any atom is -0.465 e. The Morgan fingerprint density at radius 1 is 1.26 bits per heavy atom. The van der Waals surface area contributed by atoms with Crippen LogP contribution in [0.15, 0.2) is 24.3 Å². The molecular formula is C19H19N3O4S. The number of ether oxygens (including phenoxy) is 1. The summed E-state index contributed by atoms with van der Waals surface area (Å²) in [5.41, 5.74) is 2.90. The van der Waals surface area contributed by atoms with E-state index in [0.717, 1.165) is 35.4 Å². The van der Waals surface area contributed by atoms with Crippen molar-refractivity contribution in [1.82, 2.24) is 0 Å². The van der Waals surface area contributed by atoms with Gasteiger partial charge in [0.25, 0.3) is 0 Å². The zero-order valence-electron chi connectivity index (χ0n) is 14.8. The number of thiophene rings is 1. The summed E-state index contributed by atoms with van der Waals surface area (Å²) < 4.78 is 4.89. The number of rotatable bonds is 4. The molecule has 8 heteroatoms. The second kappa shape index (κ2) is 7.03. The Morgan fingerprint density at radius 3 is 2.81 bits per heavy atom. The van der Waals surface area contributed by atoms with Crippen LogP contribution < -0.4 is 16.0 Å². The topological polar surface area (TPSA) is 96.5 Å². The summed E-state index contributed by atoms with van der Waals surface area (Å²) in [5.74, 6) is -1.02. The molecule has 2 heterocycles. The lowest BCUT2D eigenvalue weighted by Gasteiger charge is -2.26. The molecule has 2 aromatic rings. The molecule has 7 nitrogen and oxygen atoms in total. The molecule has 0 spiro atoms. The van der Waals surface area contributed by atoms with Gasteiger partial charge in [0.05, 0.1) is 30.5 Å². The fourth-order valence-electron chi connectivity index (χ4n) is 3.51. The van der Waals surface area contributed by atoms with E-state index in [1.165, 1.54) is 18.4 Å². The highest BCUT2D eigenvalue weighted by molar-refractivity contribution is 7.17. The number of fused-ring (bicyclic) bond motifs is 2. The highest BCUT2D eigenvalue weighted by Gasteiger charge is 2.30. The van der Waals surface area contributed by atoms with Gasteiger partial charge >= 0.3 is 5.97 Å². The largest absolute Gasteiger partial charge is 0.465 e. The van der Waals surface area contributed by atoms with E-state index in [2.05, 4.69) is 16.0 Å². The van der Waals surface area contributed by atoms with Gasteiger partial charge in [-0.15, -0.1) is 11.3 Å². The molecule has 2 amide bonds. The lowest BCUT2D eigenvalue weighted by molar-refractivity contribution is -0.122. The van der Waals surface area contributed by atoms with Crippen LogP contribution in [0.2, 0.25) is 0 Å². The van der Waals surface area contributed by atoms with E-state index in [1.54, 1.807) is 6.07 Å². The first-order valence-electron chi connectivity index (χ1n) is 8.76. The fraction of sp³-hybridized carbons (Fsp3) is 0.316. The summed E-state index contributed by atoms with van der Waals surface area (Å²) in [6.07, 6.45) is 2.69. The molecule has 1 aliphatic carbocycles. The molecule has 4 rings (SSSR count). The maximum absolute atomic E-state index is 12.6. The van der Waals surface area contributed by atoms with E-state index in [-0.39, 0.29) is 18.2 Å². The maximum Gasteiger partial charge on any atom is 0.341 e. The normalized spacial score (nSPS) is 17.4. The average molecular weight is 385 g/mol. The van der Waals surface area contributed by atoms with Crippen LogP contribution in [0.25, 0.3) is 0 Å². The summed E-state index contributed by atoms with van der Waals surface area (Å²) in [6.45, 7) is 0. The molecule has 1 aliphatic heterocycles. The number of aryl methyl sites for hydroxylation is 1.